The normalized spacial score (nSPS) is 23.7. The molecule has 1 aromatic rings. The van der Waals surface area contributed by atoms with E-state index in [-0.39, 0.29) is 17.9 Å². The molecular weight excluding hydrogens is 290 g/mol. The van der Waals surface area contributed by atoms with Gasteiger partial charge in [0.15, 0.2) is 0 Å². The van der Waals surface area contributed by atoms with Gasteiger partial charge in [0.25, 0.3) is 0 Å². The molecule has 0 saturated heterocycles. The maximum Gasteiger partial charge on any atom is 0.227 e. The Labute approximate surface area is 137 Å². The zero-order chi connectivity index (χ0) is 16.2. The van der Waals surface area contributed by atoms with Crippen molar-refractivity contribution < 1.29 is 9.59 Å². The van der Waals surface area contributed by atoms with E-state index in [1.54, 1.807) is 4.90 Å². The Kier molecular flexibility index (Phi) is 4.96. The van der Waals surface area contributed by atoms with Gasteiger partial charge in [-0.1, -0.05) is 24.6 Å². The third-order valence-corrected chi connectivity index (χ3v) is 5.06. The van der Waals surface area contributed by atoms with Crippen molar-refractivity contribution >= 4 is 17.5 Å². The predicted octanol–water partition coefficient (Wildman–Crippen LogP) is 1.60. The molecule has 0 radical (unpaired) electrons. The van der Waals surface area contributed by atoms with Crippen LogP contribution in [0.5, 0.6) is 0 Å². The molecule has 2 aliphatic rings. The number of benzene rings is 1. The fourth-order valence-corrected chi connectivity index (χ4v) is 3.74. The summed E-state index contributed by atoms with van der Waals surface area (Å²) in [5.74, 6) is 0.528. The van der Waals surface area contributed by atoms with E-state index in [1.807, 2.05) is 18.2 Å². The van der Waals surface area contributed by atoms with Crippen LogP contribution in [0.15, 0.2) is 24.3 Å². The minimum Gasteiger partial charge on any atom is -0.353 e. The second-order valence-electron chi connectivity index (χ2n) is 6.52. The quantitative estimate of drug-likeness (QED) is 0.866. The molecule has 5 heteroatoms. The van der Waals surface area contributed by atoms with E-state index >= 15 is 0 Å². The lowest BCUT2D eigenvalue weighted by Gasteiger charge is -2.29. The molecule has 1 aromatic carbocycles. The summed E-state index contributed by atoms with van der Waals surface area (Å²) in [6.45, 7) is 1.07. The van der Waals surface area contributed by atoms with Gasteiger partial charge in [0.1, 0.15) is 0 Å². The monoisotopic (exact) mass is 315 g/mol. The molecule has 1 saturated carbocycles. The zero-order valence-electron chi connectivity index (χ0n) is 13.5. The predicted molar refractivity (Wildman–Crippen MR) is 90.1 cm³/mol. The van der Waals surface area contributed by atoms with E-state index in [4.69, 9.17) is 5.73 Å². The van der Waals surface area contributed by atoms with E-state index in [0.29, 0.717) is 31.8 Å². The second kappa shape index (κ2) is 7.13. The topological polar surface area (TPSA) is 75.4 Å². The smallest absolute Gasteiger partial charge is 0.227 e. The molecule has 0 spiro atoms. The molecular formula is C18H25N3O2. The molecule has 3 N–H and O–H groups in total. The lowest BCUT2D eigenvalue weighted by Crippen LogP contribution is -2.42. The molecule has 2 atom stereocenters. The number of rotatable bonds is 5. The van der Waals surface area contributed by atoms with Gasteiger partial charge in [0.05, 0.1) is 0 Å². The van der Waals surface area contributed by atoms with Gasteiger partial charge >= 0.3 is 0 Å². The van der Waals surface area contributed by atoms with Gasteiger partial charge in [-0.15, -0.1) is 0 Å². The molecule has 1 aliphatic heterocycles. The number of nitrogens with zero attached hydrogens (tertiary/aromatic N) is 1. The summed E-state index contributed by atoms with van der Waals surface area (Å²) in [6, 6.07) is 8.16. The van der Waals surface area contributed by atoms with Gasteiger partial charge in [-0.05, 0) is 43.4 Å². The van der Waals surface area contributed by atoms with Crippen LogP contribution in [0.1, 0.15) is 37.7 Å². The fraction of sp³-hybridized carbons (Fsp3) is 0.556. The van der Waals surface area contributed by atoms with Crippen LogP contribution in [-0.4, -0.2) is 30.9 Å². The first-order chi connectivity index (χ1) is 11.2. The number of carbonyl (C=O) groups excluding carboxylic acids is 2. The SMILES string of the molecule is NCC1CCCC1NC(=O)CCN1C(=O)CCc2ccccc21. The Bertz CT molecular complexity index is 587. The van der Waals surface area contributed by atoms with Crippen molar-refractivity contribution in [1.29, 1.82) is 0 Å². The van der Waals surface area contributed by atoms with Crippen molar-refractivity contribution in [2.45, 2.75) is 44.6 Å². The molecule has 5 nitrogen and oxygen atoms in total. The zero-order valence-corrected chi connectivity index (χ0v) is 13.5. The highest BCUT2D eigenvalue weighted by Crippen LogP contribution is 2.28. The van der Waals surface area contributed by atoms with Crippen LogP contribution >= 0.6 is 0 Å². The highest BCUT2D eigenvalue weighted by molar-refractivity contribution is 5.97. The first-order valence-corrected chi connectivity index (χ1v) is 8.56. The number of carbonyl (C=O) groups is 2. The average Bonchev–Trinajstić information content (AvgIpc) is 3.01. The van der Waals surface area contributed by atoms with Crippen molar-refractivity contribution in [3.63, 3.8) is 0 Å². The van der Waals surface area contributed by atoms with E-state index in [1.165, 1.54) is 5.56 Å². The lowest BCUT2D eigenvalue weighted by atomic mass is 10.0. The van der Waals surface area contributed by atoms with Crippen LogP contribution in [0.2, 0.25) is 0 Å². The second-order valence-corrected chi connectivity index (χ2v) is 6.52. The van der Waals surface area contributed by atoms with Crippen molar-refractivity contribution in [1.82, 2.24) is 5.32 Å². The number of anilines is 1. The van der Waals surface area contributed by atoms with Gasteiger partial charge < -0.3 is 16.0 Å². The Morgan fingerprint density at radius 2 is 2.09 bits per heavy atom. The van der Waals surface area contributed by atoms with Gasteiger partial charge in [-0.2, -0.15) is 0 Å². The van der Waals surface area contributed by atoms with Crippen LogP contribution in [0, 0.1) is 5.92 Å². The maximum atomic E-state index is 12.2. The summed E-state index contributed by atoms with van der Waals surface area (Å²) in [4.78, 5) is 26.2. The summed E-state index contributed by atoms with van der Waals surface area (Å²) < 4.78 is 0. The van der Waals surface area contributed by atoms with Gasteiger partial charge in [0.2, 0.25) is 11.8 Å². The number of hydrogen-bond donors (Lipinski definition) is 2. The molecule has 0 bridgehead atoms. The van der Waals surface area contributed by atoms with Gasteiger partial charge in [-0.25, -0.2) is 0 Å². The molecule has 23 heavy (non-hydrogen) atoms. The summed E-state index contributed by atoms with van der Waals surface area (Å²) in [5.41, 5.74) is 7.90. The molecule has 2 unspecified atom stereocenters. The van der Waals surface area contributed by atoms with Crippen LogP contribution in [0.4, 0.5) is 5.69 Å². The molecule has 2 amide bonds. The van der Waals surface area contributed by atoms with Crippen molar-refractivity contribution in [3.8, 4) is 0 Å². The molecule has 124 valence electrons. The van der Waals surface area contributed by atoms with Crippen molar-refractivity contribution in [2.75, 3.05) is 18.0 Å². The average molecular weight is 315 g/mol. The minimum absolute atomic E-state index is 0.0196. The van der Waals surface area contributed by atoms with Crippen LogP contribution in [0.3, 0.4) is 0 Å². The first-order valence-electron chi connectivity index (χ1n) is 8.56. The molecule has 0 aromatic heterocycles. The molecule has 3 rings (SSSR count). The lowest BCUT2D eigenvalue weighted by molar-refractivity contribution is -0.122. The van der Waals surface area contributed by atoms with E-state index in [9.17, 15) is 9.59 Å². The molecule has 1 heterocycles. The number of nitrogens with one attached hydrogen (secondary N) is 1. The standard InChI is InChI=1S/C18H25N3O2/c19-12-14-5-3-6-15(14)20-17(22)10-11-21-16-7-2-1-4-13(16)8-9-18(21)23/h1-2,4,7,14-15H,3,5-6,8-12,19H2,(H,20,22). The number of aryl methyl sites for hydroxylation is 1. The third kappa shape index (κ3) is 3.55. The summed E-state index contributed by atoms with van der Waals surface area (Å²) in [5, 5.41) is 3.10. The first kappa shape index (κ1) is 16.0. The fourth-order valence-electron chi connectivity index (χ4n) is 3.74. The number of nitrogens with two attached hydrogens (primary N) is 1. The summed E-state index contributed by atoms with van der Waals surface area (Å²) in [7, 11) is 0. The number of hydrogen-bond acceptors (Lipinski definition) is 3. The van der Waals surface area contributed by atoms with Gasteiger partial charge in [0, 0.05) is 31.1 Å². The Hall–Kier alpha value is -1.88. The molecule has 1 aliphatic carbocycles. The molecule has 1 fully saturated rings. The number of fused-ring (bicyclic) bond motifs is 1. The number of para-hydroxylation sites is 1. The van der Waals surface area contributed by atoms with Crippen molar-refractivity contribution in [3.05, 3.63) is 29.8 Å². The van der Waals surface area contributed by atoms with Crippen molar-refractivity contribution in [2.24, 2.45) is 11.7 Å². The highest BCUT2D eigenvalue weighted by atomic mass is 16.2. The maximum absolute atomic E-state index is 12.2. The van der Waals surface area contributed by atoms with Crippen LogP contribution in [0.25, 0.3) is 0 Å². The minimum atomic E-state index is 0.0196. The van der Waals surface area contributed by atoms with Crippen LogP contribution < -0.4 is 16.0 Å². The largest absolute Gasteiger partial charge is 0.353 e. The Morgan fingerprint density at radius 1 is 1.26 bits per heavy atom. The third-order valence-electron chi connectivity index (χ3n) is 5.06. The Morgan fingerprint density at radius 3 is 2.91 bits per heavy atom. The summed E-state index contributed by atoms with van der Waals surface area (Å²) in [6.07, 6.45) is 4.89. The van der Waals surface area contributed by atoms with E-state index < -0.39 is 0 Å². The number of amides is 2. The highest BCUT2D eigenvalue weighted by Gasteiger charge is 2.28. The van der Waals surface area contributed by atoms with E-state index in [2.05, 4.69) is 11.4 Å². The van der Waals surface area contributed by atoms with Crippen LogP contribution in [-0.2, 0) is 16.0 Å². The summed E-state index contributed by atoms with van der Waals surface area (Å²) >= 11 is 0. The Balaban J connectivity index is 1.57. The van der Waals surface area contributed by atoms with Gasteiger partial charge in [-0.3, -0.25) is 9.59 Å². The van der Waals surface area contributed by atoms with E-state index in [0.717, 1.165) is 31.4 Å².